The predicted molar refractivity (Wildman–Crippen MR) is 48.5 cm³/mol. The highest BCUT2D eigenvalue weighted by molar-refractivity contribution is 5.72. The van der Waals surface area contributed by atoms with Crippen molar-refractivity contribution in [1.82, 2.24) is 5.32 Å². The smallest absolute Gasteiger partial charge is 0.333 e. The summed E-state index contributed by atoms with van der Waals surface area (Å²) in [5.41, 5.74) is 0. The van der Waals surface area contributed by atoms with E-state index in [2.05, 4.69) is 5.32 Å². The van der Waals surface area contributed by atoms with E-state index >= 15 is 0 Å². The van der Waals surface area contributed by atoms with Crippen LogP contribution < -0.4 is 5.32 Å². The lowest BCUT2D eigenvalue weighted by Crippen LogP contribution is -2.39. The molecule has 0 aliphatic heterocycles. The average molecular weight is 187 g/mol. The van der Waals surface area contributed by atoms with Gasteiger partial charge in [0.15, 0.2) is 6.10 Å². The fourth-order valence-electron chi connectivity index (χ4n) is 1.67. The number of aliphatic carboxylic acids is 1. The summed E-state index contributed by atoms with van der Waals surface area (Å²) in [5.74, 6) is -1.15. The van der Waals surface area contributed by atoms with Crippen molar-refractivity contribution in [1.29, 1.82) is 0 Å². The van der Waals surface area contributed by atoms with Gasteiger partial charge in [-0.05, 0) is 12.8 Å². The van der Waals surface area contributed by atoms with Gasteiger partial charge in [0.2, 0.25) is 0 Å². The Morgan fingerprint density at radius 1 is 1.38 bits per heavy atom. The van der Waals surface area contributed by atoms with Crippen LogP contribution in [0.15, 0.2) is 0 Å². The summed E-state index contributed by atoms with van der Waals surface area (Å²) < 4.78 is 0. The van der Waals surface area contributed by atoms with Gasteiger partial charge >= 0.3 is 5.97 Å². The zero-order valence-electron chi connectivity index (χ0n) is 7.70. The van der Waals surface area contributed by atoms with Gasteiger partial charge in [0.1, 0.15) is 0 Å². The molecule has 0 bridgehead atoms. The van der Waals surface area contributed by atoms with E-state index in [0.29, 0.717) is 6.04 Å². The Morgan fingerprint density at radius 3 is 2.54 bits per heavy atom. The maximum atomic E-state index is 10.3. The third kappa shape index (κ3) is 3.74. The normalized spacial score (nSPS) is 21.3. The SMILES string of the molecule is O=C(O)C(O)CNC1CCCCC1. The van der Waals surface area contributed by atoms with Crippen molar-refractivity contribution in [2.75, 3.05) is 6.54 Å². The number of aliphatic hydroxyl groups excluding tert-OH is 1. The van der Waals surface area contributed by atoms with Crippen LogP contribution in [0, 0.1) is 0 Å². The second kappa shape index (κ2) is 5.19. The first kappa shape index (κ1) is 10.5. The first-order chi connectivity index (χ1) is 6.20. The van der Waals surface area contributed by atoms with E-state index in [-0.39, 0.29) is 6.54 Å². The van der Waals surface area contributed by atoms with Crippen molar-refractivity contribution in [3.8, 4) is 0 Å². The minimum Gasteiger partial charge on any atom is -0.479 e. The van der Waals surface area contributed by atoms with Crippen molar-refractivity contribution in [2.24, 2.45) is 0 Å². The van der Waals surface area contributed by atoms with E-state index < -0.39 is 12.1 Å². The molecule has 1 aliphatic rings. The third-order valence-corrected chi connectivity index (χ3v) is 2.49. The number of aliphatic hydroxyl groups is 1. The number of nitrogens with one attached hydrogen (secondary N) is 1. The fourth-order valence-corrected chi connectivity index (χ4v) is 1.67. The molecule has 76 valence electrons. The van der Waals surface area contributed by atoms with E-state index in [1.54, 1.807) is 0 Å². The van der Waals surface area contributed by atoms with Crippen molar-refractivity contribution in [2.45, 2.75) is 44.2 Å². The summed E-state index contributed by atoms with van der Waals surface area (Å²) in [7, 11) is 0. The minimum atomic E-state index is -1.26. The van der Waals surface area contributed by atoms with Gasteiger partial charge < -0.3 is 15.5 Å². The Morgan fingerprint density at radius 2 is 2.00 bits per heavy atom. The van der Waals surface area contributed by atoms with Crippen molar-refractivity contribution in [3.05, 3.63) is 0 Å². The molecular formula is C9H17NO3. The zero-order valence-corrected chi connectivity index (χ0v) is 7.70. The summed E-state index contributed by atoms with van der Waals surface area (Å²) in [4.78, 5) is 10.3. The van der Waals surface area contributed by atoms with Crippen LogP contribution in [0.4, 0.5) is 0 Å². The summed E-state index contributed by atoms with van der Waals surface area (Å²) >= 11 is 0. The van der Waals surface area contributed by atoms with E-state index in [1.807, 2.05) is 0 Å². The fraction of sp³-hybridized carbons (Fsp3) is 0.889. The van der Waals surface area contributed by atoms with Crippen molar-refractivity contribution in [3.63, 3.8) is 0 Å². The highest BCUT2D eigenvalue weighted by Crippen LogP contribution is 2.17. The molecule has 0 saturated heterocycles. The van der Waals surface area contributed by atoms with Crippen LogP contribution in [0.2, 0.25) is 0 Å². The first-order valence-corrected chi connectivity index (χ1v) is 4.84. The molecule has 0 aromatic carbocycles. The molecule has 0 spiro atoms. The minimum absolute atomic E-state index is 0.167. The molecule has 3 N–H and O–H groups in total. The van der Waals surface area contributed by atoms with Gasteiger partial charge in [-0.2, -0.15) is 0 Å². The lowest BCUT2D eigenvalue weighted by Gasteiger charge is -2.23. The van der Waals surface area contributed by atoms with E-state index in [4.69, 9.17) is 10.2 Å². The van der Waals surface area contributed by atoms with Crippen LogP contribution in [0.3, 0.4) is 0 Å². The van der Waals surface area contributed by atoms with Gasteiger partial charge in [-0.1, -0.05) is 19.3 Å². The second-order valence-corrected chi connectivity index (χ2v) is 3.60. The number of carbonyl (C=O) groups is 1. The molecule has 1 fully saturated rings. The molecule has 0 amide bonds. The van der Waals surface area contributed by atoms with E-state index in [9.17, 15) is 4.79 Å². The molecule has 1 saturated carbocycles. The molecule has 0 aromatic heterocycles. The van der Waals surface area contributed by atoms with Crippen LogP contribution in [-0.2, 0) is 4.79 Å². The molecule has 1 rings (SSSR count). The quantitative estimate of drug-likeness (QED) is 0.594. The standard InChI is InChI=1S/C9H17NO3/c11-8(9(12)13)6-10-7-4-2-1-3-5-7/h7-8,10-11H,1-6H2,(H,12,13). The first-order valence-electron chi connectivity index (χ1n) is 4.84. The maximum absolute atomic E-state index is 10.3. The Hall–Kier alpha value is -0.610. The summed E-state index contributed by atoms with van der Waals surface area (Å²) in [6.07, 6.45) is 4.64. The van der Waals surface area contributed by atoms with Gasteiger partial charge in [-0.15, -0.1) is 0 Å². The summed E-state index contributed by atoms with van der Waals surface area (Å²) in [6, 6.07) is 0.405. The summed E-state index contributed by atoms with van der Waals surface area (Å²) in [5, 5.41) is 20.5. The molecule has 1 atom stereocenters. The lowest BCUT2D eigenvalue weighted by molar-refractivity contribution is -0.146. The molecule has 0 heterocycles. The maximum Gasteiger partial charge on any atom is 0.333 e. The van der Waals surface area contributed by atoms with Gasteiger partial charge in [-0.3, -0.25) is 0 Å². The Bertz CT molecular complexity index is 166. The van der Waals surface area contributed by atoms with Crippen LogP contribution >= 0.6 is 0 Å². The van der Waals surface area contributed by atoms with Crippen LogP contribution in [0.1, 0.15) is 32.1 Å². The molecule has 4 nitrogen and oxygen atoms in total. The molecule has 1 aliphatic carbocycles. The zero-order chi connectivity index (χ0) is 9.68. The largest absolute Gasteiger partial charge is 0.479 e. The molecule has 0 radical (unpaired) electrons. The average Bonchev–Trinajstić information content (AvgIpc) is 2.15. The predicted octanol–water partition coefficient (Wildman–Crippen LogP) is 0.354. The number of carboxylic acid groups (broad SMARTS) is 1. The number of hydrogen-bond acceptors (Lipinski definition) is 3. The second-order valence-electron chi connectivity index (χ2n) is 3.60. The molecular weight excluding hydrogens is 170 g/mol. The number of carboxylic acids is 1. The number of rotatable bonds is 4. The van der Waals surface area contributed by atoms with E-state index in [0.717, 1.165) is 12.8 Å². The Balaban J connectivity index is 2.13. The van der Waals surface area contributed by atoms with Crippen LogP contribution in [0.5, 0.6) is 0 Å². The molecule has 13 heavy (non-hydrogen) atoms. The topological polar surface area (TPSA) is 69.6 Å². The highest BCUT2D eigenvalue weighted by atomic mass is 16.4. The van der Waals surface area contributed by atoms with Gasteiger partial charge in [-0.25, -0.2) is 4.79 Å². The molecule has 4 heteroatoms. The summed E-state index contributed by atoms with van der Waals surface area (Å²) in [6.45, 7) is 0.167. The Labute approximate surface area is 78.0 Å². The van der Waals surface area contributed by atoms with Crippen molar-refractivity contribution >= 4 is 5.97 Å². The number of hydrogen-bond donors (Lipinski definition) is 3. The third-order valence-electron chi connectivity index (χ3n) is 2.49. The van der Waals surface area contributed by atoms with Crippen LogP contribution in [0.25, 0.3) is 0 Å². The highest BCUT2D eigenvalue weighted by Gasteiger charge is 2.17. The van der Waals surface area contributed by atoms with Crippen molar-refractivity contribution < 1.29 is 15.0 Å². The monoisotopic (exact) mass is 187 g/mol. The molecule has 0 aromatic rings. The molecule has 1 unspecified atom stereocenters. The lowest BCUT2D eigenvalue weighted by atomic mass is 9.95. The van der Waals surface area contributed by atoms with Crippen LogP contribution in [-0.4, -0.2) is 34.9 Å². The van der Waals surface area contributed by atoms with Gasteiger partial charge in [0.05, 0.1) is 0 Å². The van der Waals surface area contributed by atoms with E-state index in [1.165, 1.54) is 19.3 Å². The Kier molecular flexibility index (Phi) is 4.18. The van der Waals surface area contributed by atoms with Gasteiger partial charge in [0, 0.05) is 12.6 Å². The van der Waals surface area contributed by atoms with Gasteiger partial charge in [0.25, 0.3) is 0 Å².